The van der Waals surface area contributed by atoms with Gasteiger partial charge in [-0.1, -0.05) is 0 Å². The first-order valence-corrected chi connectivity index (χ1v) is 10.1. The highest BCUT2D eigenvalue weighted by Gasteiger charge is 2.30. The summed E-state index contributed by atoms with van der Waals surface area (Å²) in [6, 6.07) is 11.3. The Morgan fingerprint density at radius 1 is 1.03 bits per heavy atom. The minimum Gasteiger partial charge on any atom is -0.446 e. The van der Waals surface area contributed by atoms with Gasteiger partial charge in [-0.15, -0.1) is 0 Å². The second-order valence-corrected chi connectivity index (χ2v) is 8.13. The molecule has 3 aromatic rings. The normalized spacial score (nSPS) is 16.4. The Morgan fingerprint density at radius 3 is 2.33 bits per heavy atom. The topological polar surface area (TPSA) is 101 Å². The number of nitrogens with one attached hydrogen (secondary N) is 1. The predicted molar refractivity (Wildman–Crippen MR) is 105 cm³/mol. The fourth-order valence-corrected chi connectivity index (χ4v) is 4.00. The molecule has 30 heavy (non-hydrogen) atoms. The molecule has 156 valence electrons. The molecule has 0 aliphatic carbocycles. The molecule has 0 fully saturated rings. The van der Waals surface area contributed by atoms with Gasteiger partial charge in [-0.25, -0.2) is 13.4 Å². The number of nitrogens with two attached hydrogens (primary N) is 1. The van der Waals surface area contributed by atoms with Crippen molar-refractivity contribution in [2.75, 3.05) is 9.62 Å². The summed E-state index contributed by atoms with van der Waals surface area (Å²) in [6.45, 7) is 0. The Labute approximate surface area is 169 Å². The average Bonchev–Trinajstić information content (AvgIpc) is 3.18. The number of nitrogens with zero attached hydrogens (tertiary/aromatic N) is 2. The molecule has 0 spiro atoms. The summed E-state index contributed by atoms with van der Waals surface area (Å²) in [6.07, 6.45) is -2.06. The molecule has 7 nitrogen and oxygen atoms in total. The SMILES string of the molecule is NC1c2ccoc2N=CN1c1ccc(NS(=O)(=O)c2ccc(C(F)(F)F)cc2)cc1. The van der Waals surface area contributed by atoms with Crippen LogP contribution in [0.1, 0.15) is 17.3 Å². The van der Waals surface area contributed by atoms with E-state index in [2.05, 4.69) is 9.71 Å². The quantitative estimate of drug-likeness (QED) is 0.637. The molecular formula is C19H15F3N4O3S. The number of fused-ring (bicyclic) bond motifs is 1. The maximum absolute atomic E-state index is 12.7. The van der Waals surface area contributed by atoms with Gasteiger partial charge in [-0.3, -0.25) is 4.72 Å². The molecule has 0 saturated heterocycles. The lowest BCUT2D eigenvalue weighted by molar-refractivity contribution is -0.137. The van der Waals surface area contributed by atoms with Crippen LogP contribution >= 0.6 is 0 Å². The van der Waals surface area contributed by atoms with Crippen LogP contribution in [0.4, 0.5) is 30.4 Å². The molecule has 3 N–H and O–H groups in total. The maximum Gasteiger partial charge on any atom is 0.416 e. The van der Waals surface area contributed by atoms with Crippen LogP contribution in [-0.2, 0) is 16.2 Å². The molecule has 1 aliphatic heterocycles. The lowest BCUT2D eigenvalue weighted by Gasteiger charge is -2.29. The van der Waals surface area contributed by atoms with E-state index >= 15 is 0 Å². The van der Waals surface area contributed by atoms with E-state index in [-0.39, 0.29) is 10.6 Å². The van der Waals surface area contributed by atoms with Crippen LogP contribution in [0.5, 0.6) is 0 Å². The van der Waals surface area contributed by atoms with Crippen LogP contribution in [0.15, 0.2) is 75.2 Å². The van der Waals surface area contributed by atoms with E-state index in [9.17, 15) is 21.6 Å². The van der Waals surface area contributed by atoms with Gasteiger partial charge in [0.25, 0.3) is 10.0 Å². The number of aliphatic imine (C=N–C) groups is 1. The number of sulfonamides is 1. The smallest absolute Gasteiger partial charge is 0.416 e. The minimum absolute atomic E-state index is 0.241. The van der Waals surface area contributed by atoms with Crippen LogP contribution in [0.2, 0.25) is 0 Å². The number of rotatable bonds is 4. The number of hydrogen-bond acceptors (Lipinski definition) is 6. The van der Waals surface area contributed by atoms with Crippen molar-refractivity contribution in [2.45, 2.75) is 17.2 Å². The summed E-state index contributed by atoms with van der Waals surface area (Å²) >= 11 is 0. The van der Waals surface area contributed by atoms with E-state index < -0.39 is 27.9 Å². The Bertz CT molecular complexity index is 1190. The molecule has 2 heterocycles. The van der Waals surface area contributed by atoms with Gasteiger partial charge in [0, 0.05) is 11.4 Å². The zero-order valence-corrected chi connectivity index (χ0v) is 16.0. The monoisotopic (exact) mass is 436 g/mol. The van der Waals surface area contributed by atoms with Crippen molar-refractivity contribution in [1.29, 1.82) is 0 Å². The summed E-state index contributed by atoms with van der Waals surface area (Å²) in [4.78, 5) is 5.58. The second kappa shape index (κ2) is 7.18. The van der Waals surface area contributed by atoms with Gasteiger partial charge in [0.1, 0.15) is 12.5 Å². The third kappa shape index (κ3) is 3.76. The highest BCUT2D eigenvalue weighted by Crippen LogP contribution is 2.34. The molecule has 11 heteroatoms. The zero-order valence-electron chi connectivity index (χ0n) is 15.2. The van der Waals surface area contributed by atoms with Gasteiger partial charge in [-0.05, 0) is 54.6 Å². The van der Waals surface area contributed by atoms with Crippen LogP contribution in [0, 0.1) is 0 Å². The lowest BCUT2D eigenvalue weighted by Crippen LogP contribution is -2.35. The minimum atomic E-state index is -4.54. The molecule has 1 aromatic heterocycles. The number of alkyl halides is 3. The second-order valence-electron chi connectivity index (χ2n) is 6.45. The van der Waals surface area contributed by atoms with Crippen LogP contribution in [0.25, 0.3) is 0 Å². The molecule has 0 amide bonds. The van der Waals surface area contributed by atoms with Crippen molar-refractivity contribution in [1.82, 2.24) is 0 Å². The standard InChI is InChI=1S/C19H15F3N4O3S/c20-19(21,22)12-1-7-15(8-2-12)30(27,28)25-13-3-5-14(6-4-13)26-11-24-18-16(17(26)23)9-10-29-18/h1-11,17,25H,23H2. The largest absolute Gasteiger partial charge is 0.446 e. The molecule has 1 atom stereocenters. The van der Waals surface area contributed by atoms with Gasteiger partial charge in [0.05, 0.1) is 22.3 Å². The number of anilines is 2. The average molecular weight is 436 g/mol. The summed E-state index contributed by atoms with van der Waals surface area (Å²) in [5.74, 6) is 0.430. The molecular weight excluding hydrogens is 421 g/mol. The third-order valence-corrected chi connectivity index (χ3v) is 5.90. The van der Waals surface area contributed by atoms with Crippen molar-refractivity contribution < 1.29 is 26.0 Å². The fourth-order valence-electron chi connectivity index (χ4n) is 2.94. The number of halogens is 3. The summed E-state index contributed by atoms with van der Waals surface area (Å²) < 4.78 is 70.4. The Morgan fingerprint density at radius 2 is 1.70 bits per heavy atom. The van der Waals surface area contributed by atoms with Gasteiger partial charge in [0.15, 0.2) is 0 Å². The summed E-state index contributed by atoms with van der Waals surface area (Å²) in [5.41, 5.74) is 6.90. The van der Waals surface area contributed by atoms with Gasteiger partial charge in [-0.2, -0.15) is 13.2 Å². The van der Waals surface area contributed by atoms with Crippen LogP contribution < -0.4 is 15.4 Å². The summed E-state index contributed by atoms with van der Waals surface area (Å²) in [5, 5.41) is 0. The first-order chi connectivity index (χ1) is 14.1. The van der Waals surface area contributed by atoms with E-state index in [1.54, 1.807) is 23.1 Å². The van der Waals surface area contributed by atoms with Crippen molar-refractivity contribution in [2.24, 2.45) is 10.7 Å². The predicted octanol–water partition coefficient (Wildman–Crippen LogP) is 4.24. The van der Waals surface area contributed by atoms with Gasteiger partial charge >= 0.3 is 6.18 Å². The van der Waals surface area contributed by atoms with Crippen molar-refractivity contribution in [3.05, 3.63) is 72.0 Å². The highest BCUT2D eigenvalue weighted by molar-refractivity contribution is 7.92. The van der Waals surface area contributed by atoms with Gasteiger partial charge < -0.3 is 15.1 Å². The number of benzene rings is 2. The number of furan rings is 1. The van der Waals surface area contributed by atoms with Gasteiger partial charge in [0.2, 0.25) is 5.88 Å². The van der Waals surface area contributed by atoms with E-state index in [0.29, 0.717) is 17.1 Å². The molecule has 1 unspecified atom stereocenters. The summed E-state index contributed by atoms with van der Waals surface area (Å²) in [7, 11) is -4.05. The first kappa shape index (κ1) is 20.0. The van der Waals surface area contributed by atoms with E-state index in [1.807, 2.05) is 0 Å². The third-order valence-electron chi connectivity index (χ3n) is 4.50. The van der Waals surface area contributed by atoms with Crippen molar-refractivity contribution in [3.8, 4) is 0 Å². The molecule has 1 aliphatic rings. The first-order valence-electron chi connectivity index (χ1n) is 8.61. The van der Waals surface area contributed by atoms with E-state index in [0.717, 1.165) is 24.3 Å². The Kier molecular flexibility index (Phi) is 4.79. The van der Waals surface area contributed by atoms with Crippen LogP contribution in [-0.4, -0.2) is 14.8 Å². The van der Waals surface area contributed by atoms with E-state index in [4.69, 9.17) is 10.2 Å². The highest BCUT2D eigenvalue weighted by atomic mass is 32.2. The Hall–Kier alpha value is -3.31. The molecule has 0 saturated carbocycles. The van der Waals surface area contributed by atoms with Crippen LogP contribution in [0.3, 0.4) is 0 Å². The van der Waals surface area contributed by atoms with Crippen molar-refractivity contribution in [3.63, 3.8) is 0 Å². The number of hydrogen-bond donors (Lipinski definition) is 2. The van der Waals surface area contributed by atoms with E-state index in [1.165, 1.54) is 24.7 Å². The maximum atomic E-state index is 12.7. The molecule has 2 aromatic carbocycles. The van der Waals surface area contributed by atoms with Crippen molar-refractivity contribution >= 4 is 33.6 Å². The molecule has 0 bridgehead atoms. The Balaban J connectivity index is 1.51. The fraction of sp³-hybridized carbons (Fsp3) is 0.105. The molecule has 4 rings (SSSR count). The lowest BCUT2D eigenvalue weighted by atomic mass is 10.2. The molecule has 0 radical (unpaired) electrons. The zero-order chi connectivity index (χ0) is 21.5.